The molecule has 3 rings (SSSR count). The van der Waals surface area contributed by atoms with Gasteiger partial charge in [-0.15, -0.1) is 0 Å². The fourth-order valence-electron chi connectivity index (χ4n) is 2.23. The molecule has 1 atom stereocenters. The van der Waals surface area contributed by atoms with Gasteiger partial charge in [0.1, 0.15) is 0 Å². The van der Waals surface area contributed by atoms with E-state index in [0.717, 1.165) is 25.1 Å². The third kappa shape index (κ3) is 1.86. The molecule has 5 heteroatoms. The summed E-state index contributed by atoms with van der Waals surface area (Å²) in [5, 5.41) is 17.6. The highest BCUT2D eigenvalue weighted by Crippen LogP contribution is 2.18. The summed E-state index contributed by atoms with van der Waals surface area (Å²) < 4.78 is 0. The molecule has 5 nitrogen and oxygen atoms in total. The maximum absolute atomic E-state index is 4.08. The molecule has 0 spiro atoms. The van der Waals surface area contributed by atoms with Gasteiger partial charge in [0.2, 0.25) is 0 Å². The van der Waals surface area contributed by atoms with Crippen LogP contribution >= 0.6 is 0 Å². The fourth-order valence-corrected chi connectivity index (χ4v) is 2.23. The summed E-state index contributed by atoms with van der Waals surface area (Å²) in [6, 6.07) is 2.55. The highest BCUT2D eigenvalue weighted by atomic mass is 15.1. The summed E-state index contributed by atoms with van der Waals surface area (Å²) >= 11 is 0. The summed E-state index contributed by atoms with van der Waals surface area (Å²) in [4.78, 5) is 0. The summed E-state index contributed by atoms with van der Waals surface area (Å²) in [6.45, 7) is 0.859. The van der Waals surface area contributed by atoms with E-state index in [4.69, 9.17) is 0 Å². The largest absolute Gasteiger partial charge is 0.308 e. The van der Waals surface area contributed by atoms with Crippen molar-refractivity contribution < 1.29 is 0 Å². The first-order valence-corrected chi connectivity index (χ1v) is 5.64. The molecule has 0 bridgehead atoms. The quantitative estimate of drug-likeness (QED) is 0.711. The Hall–Kier alpha value is -1.62. The van der Waals surface area contributed by atoms with Crippen molar-refractivity contribution in [3.05, 3.63) is 35.4 Å². The van der Waals surface area contributed by atoms with E-state index in [9.17, 15) is 0 Å². The van der Waals surface area contributed by atoms with Crippen molar-refractivity contribution in [1.82, 2.24) is 25.7 Å². The predicted molar refractivity (Wildman–Crippen MR) is 59.8 cm³/mol. The molecule has 2 aromatic heterocycles. The molecule has 0 amide bonds. The van der Waals surface area contributed by atoms with Crippen molar-refractivity contribution in [2.75, 3.05) is 0 Å². The zero-order chi connectivity index (χ0) is 10.8. The van der Waals surface area contributed by atoms with Gasteiger partial charge < -0.3 is 5.32 Å². The highest BCUT2D eigenvalue weighted by molar-refractivity contribution is 5.21. The Morgan fingerprint density at radius 1 is 1.38 bits per heavy atom. The smallest absolute Gasteiger partial charge is 0.0522 e. The van der Waals surface area contributed by atoms with Crippen LogP contribution in [0, 0.1) is 0 Å². The van der Waals surface area contributed by atoms with Crippen LogP contribution in [0.1, 0.15) is 23.4 Å². The summed E-state index contributed by atoms with van der Waals surface area (Å²) in [7, 11) is 0. The van der Waals surface area contributed by atoms with Gasteiger partial charge in [-0.25, -0.2) is 0 Å². The van der Waals surface area contributed by atoms with Crippen LogP contribution < -0.4 is 5.32 Å². The molecule has 16 heavy (non-hydrogen) atoms. The van der Waals surface area contributed by atoms with Gasteiger partial charge in [0, 0.05) is 30.2 Å². The van der Waals surface area contributed by atoms with Gasteiger partial charge in [-0.1, -0.05) is 0 Å². The van der Waals surface area contributed by atoms with Crippen LogP contribution in [0.4, 0.5) is 0 Å². The van der Waals surface area contributed by atoms with Crippen LogP contribution in [0.2, 0.25) is 0 Å². The second kappa shape index (κ2) is 4.09. The van der Waals surface area contributed by atoms with Gasteiger partial charge in [-0.2, -0.15) is 10.2 Å². The maximum atomic E-state index is 4.08. The molecule has 1 aliphatic carbocycles. The molecule has 84 valence electrons. The average molecular weight is 217 g/mol. The second-order valence-corrected chi connectivity index (χ2v) is 4.28. The van der Waals surface area contributed by atoms with Crippen LogP contribution in [0.3, 0.4) is 0 Å². The van der Waals surface area contributed by atoms with Crippen molar-refractivity contribution in [1.29, 1.82) is 0 Å². The normalized spacial score (nSPS) is 19.6. The van der Waals surface area contributed by atoms with Crippen LogP contribution in [-0.4, -0.2) is 26.4 Å². The molecule has 0 radical (unpaired) electrons. The van der Waals surface area contributed by atoms with E-state index >= 15 is 0 Å². The molecule has 0 saturated carbocycles. The molecular formula is C11H15N5. The average Bonchev–Trinajstić information content (AvgIpc) is 2.97. The number of fused-ring (bicyclic) bond motifs is 1. The monoisotopic (exact) mass is 217 g/mol. The van der Waals surface area contributed by atoms with E-state index in [1.165, 1.54) is 17.7 Å². The number of nitrogens with zero attached hydrogens (tertiary/aromatic N) is 2. The van der Waals surface area contributed by atoms with Gasteiger partial charge in [-0.3, -0.25) is 10.2 Å². The van der Waals surface area contributed by atoms with Crippen molar-refractivity contribution >= 4 is 0 Å². The Balaban J connectivity index is 1.58. The van der Waals surface area contributed by atoms with Crippen molar-refractivity contribution in [3.8, 4) is 0 Å². The van der Waals surface area contributed by atoms with E-state index in [-0.39, 0.29) is 0 Å². The lowest BCUT2D eigenvalue weighted by atomic mass is 9.93. The Kier molecular flexibility index (Phi) is 2.46. The number of aryl methyl sites for hydroxylation is 1. The minimum atomic E-state index is 0.549. The van der Waals surface area contributed by atoms with Crippen LogP contribution in [0.5, 0.6) is 0 Å². The molecule has 0 aromatic carbocycles. The maximum Gasteiger partial charge on any atom is 0.0522 e. The molecule has 2 heterocycles. The SMILES string of the molecule is c1cc(CNC2CCc3[nH]ncc3C2)[nH]n1. The van der Waals surface area contributed by atoms with Gasteiger partial charge in [0.15, 0.2) is 0 Å². The minimum Gasteiger partial charge on any atom is -0.308 e. The first-order chi connectivity index (χ1) is 7.92. The number of aromatic nitrogens is 4. The van der Waals surface area contributed by atoms with E-state index in [0.29, 0.717) is 6.04 Å². The molecule has 0 aliphatic heterocycles. The molecular weight excluding hydrogens is 202 g/mol. The fraction of sp³-hybridized carbons (Fsp3) is 0.455. The van der Waals surface area contributed by atoms with Crippen molar-refractivity contribution in [2.24, 2.45) is 0 Å². The van der Waals surface area contributed by atoms with Crippen molar-refractivity contribution in [2.45, 2.75) is 31.8 Å². The first-order valence-electron chi connectivity index (χ1n) is 5.64. The number of H-pyrrole nitrogens is 2. The Labute approximate surface area is 93.7 Å². The van der Waals surface area contributed by atoms with Crippen molar-refractivity contribution in [3.63, 3.8) is 0 Å². The third-order valence-electron chi connectivity index (χ3n) is 3.16. The lowest BCUT2D eigenvalue weighted by molar-refractivity contribution is 0.452. The minimum absolute atomic E-state index is 0.549. The van der Waals surface area contributed by atoms with Gasteiger partial charge in [0.25, 0.3) is 0 Å². The lowest BCUT2D eigenvalue weighted by Crippen LogP contribution is -2.33. The summed E-state index contributed by atoms with van der Waals surface area (Å²) in [5.74, 6) is 0. The topological polar surface area (TPSA) is 69.4 Å². The number of nitrogens with one attached hydrogen (secondary N) is 3. The van der Waals surface area contributed by atoms with E-state index in [2.05, 4.69) is 25.7 Å². The Morgan fingerprint density at radius 2 is 2.38 bits per heavy atom. The highest BCUT2D eigenvalue weighted by Gasteiger charge is 2.19. The van der Waals surface area contributed by atoms with Gasteiger partial charge in [-0.05, 0) is 30.9 Å². The lowest BCUT2D eigenvalue weighted by Gasteiger charge is -2.22. The standard InChI is InChI=1S/C11H15N5/c1-2-11-8(6-14-16-11)5-9(1)12-7-10-3-4-13-15-10/h3-4,6,9,12H,1-2,5,7H2,(H,13,15)(H,14,16). The molecule has 0 fully saturated rings. The zero-order valence-electron chi connectivity index (χ0n) is 9.03. The first kappa shape index (κ1) is 9.59. The molecule has 2 aromatic rings. The summed E-state index contributed by atoms with van der Waals surface area (Å²) in [6.07, 6.45) is 7.06. The molecule has 1 aliphatic rings. The Morgan fingerprint density at radius 3 is 3.25 bits per heavy atom. The van der Waals surface area contributed by atoms with E-state index < -0.39 is 0 Å². The van der Waals surface area contributed by atoms with Crippen LogP contribution in [0.15, 0.2) is 18.5 Å². The predicted octanol–water partition coefficient (Wildman–Crippen LogP) is 0.780. The summed E-state index contributed by atoms with van der Waals surface area (Å²) in [5.41, 5.74) is 3.80. The Bertz CT molecular complexity index is 445. The third-order valence-corrected chi connectivity index (χ3v) is 3.16. The number of hydrogen-bond donors (Lipinski definition) is 3. The number of hydrogen-bond acceptors (Lipinski definition) is 3. The molecule has 3 N–H and O–H groups in total. The molecule has 0 saturated heterocycles. The van der Waals surface area contributed by atoms with Crippen LogP contribution in [-0.2, 0) is 19.4 Å². The van der Waals surface area contributed by atoms with Gasteiger partial charge >= 0.3 is 0 Å². The van der Waals surface area contributed by atoms with Gasteiger partial charge in [0.05, 0.1) is 6.20 Å². The number of rotatable bonds is 3. The van der Waals surface area contributed by atoms with E-state index in [1.54, 1.807) is 6.20 Å². The van der Waals surface area contributed by atoms with E-state index in [1.807, 2.05) is 12.3 Å². The molecule has 1 unspecified atom stereocenters. The zero-order valence-corrected chi connectivity index (χ0v) is 9.03. The number of aromatic amines is 2. The second-order valence-electron chi connectivity index (χ2n) is 4.28. The van der Waals surface area contributed by atoms with Crippen LogP contribution in [0.25, 0.3) is 0 Å².